The van der Waals surface area contributed by atoms with E-state index in [-0.39, 0.29) is 11.3 Å². The van der Waals surface area contributed by atoms with Crippen LogP contribution in [0.5, 0.6) is 0 Å². The quantitative estimate of drug-likeness (QED) is 0.577. The average Bonchev–Trinajstić information content (AvgIpc) is 3.09. The lowest BCUT2D eigenvalue weighted by atomic mass is 10.0. The molecule has 2 N–H and O–H groups in total. The summed E-state index contributed by atoms with van der Waals surface area (Å²) in [6.07, 6.45) is 2.98. The predicted molar refractivity (Wildman–Crippen MR) is 96.2 cm³/mol. The van der Waals surface area contributed by atoms with Crippen LogP contribution in [0.1, 0.15) is 16.3 Å². The van der Waals surface area contributed by atoms with Crippen LogP contribution in [0.25, 0.3) is 22.0 Å². The molecule has 2 aromatic heterocycles. The number of aromatic nitrogens is 4. The summed E-state index contributed by atoms with van der Waals surface area (Å²) in [5, 5.41) is 9.95. The second-order valence-corrected chi connectivity index (χ2v) is 5.91. The lowest BCUT2D eigenvalue weighted by Gasteiger charge is -2.06. The number of amides is 1. The molecule has 134 valence electrons. The van der Waals surface area contributed by atoms with Gasteiger partial charge in [0.15, 0.2) is 17.3 Å². The molecule has 2 aromatic carbocycles. The van der Waals surface area contributed by atoms with Gasteiger partial charge in [-0.3, -0.25) is 9.89 Å². The molecule has 4 rings (SSSR count). The molecule has 0 aliphatic heterocycles. The topological polar surface area (TPSA) is 83.6 Å². The Morgan fingerprint density at radius 2 is 1.89 bits per heavy atom. The van der Waals surface area contributed by atoms with E-state index in [1.54, 1.807) is 25.1 Å². The Labute approximate surface area is 152 Å². The molecule has 0 fully saturated rings. The van der Waals surface area contributed by atoms with Crippen molar-refractivity contribution < 1.29 is 13.6 Å². The van der Waals surface area contributed by atoms with Crippen molar-refractivity contribution in [1.29, 1.82) is 0 Å². The Kier molecular flexibility index (Phi) is 4.08. The molecular weight excluding hydrogens is 352 g/mol. The zero-order valence-electron chi connectivity index (χ0n) is 14.1. The van der Waals surface area contributed by atoms with Crippen molar-refractivity contribution in [2.75, 3.05) is 5.32 Å². The molecule has 0 saturated carbocycles. The van der Waals surface area contributed by atoms with Gasteiger partial charge in [0.2, 0.25) is 0 Å². The fourth-order valence-electron chi connectivity index (χ4n) is 2.73. The summed E-state index contributed by atoms with van der Waals surface area (Å²) < 4.78 is 27.6. The van der Waals surface area contributed by atoms with E-state index in [0.717, 1.165) is 6.07 Å². The summed E-state index contributed by atoms with van der Waals surface area (Å²) in [6.45, 7) is 1.74. The van der Waals surface area contributed by atoms with Crippen molar-refractivity contribution in [3.05, 3.63) is 71.9 Å². The highest BCUT2D eigenvalue weighted by Gasteiger charge is 2.17. The van der Waals surface area contributed by atoms with Gasteiger partial charge in [0.05, 0.1) is 23.6 Å². The van der Waals surface area contributed by atoms with Crippen LogP contribution < -0.4 is 5.32 Å². The van der Waals surface area contributed by atoms with E-state index in [1.165, 1.54) is 24.5 Å². The lowest BCUT2D eigenvalue weighted by Crippen LogP contribution is -2.13. The van der Waals surface area contributed by atoms with Gasteiger partial charge >= 0.3 is 0 Å². The zero-order chi connectivity index (χ0) is 19.0. The number of aryl methyl sites for hydroxylation is 1. The van der Waals surface area contributed by atoms with Crippen LogP contribution in [0.4, 0.5) is 14.5 Å². The number of halogens is 2. The first-order valence-electron chi connectivity index (χ1n) is 8.05. The van der Waals surface area contributed by atoms with E-state index in [2.05, 4.69) is 25.5 Å². The van der Waals surface area contributed by atoms with E-state index in [4.69, 9.17) is 0 Å². The number of fused-ring (bicyclic) bond motifs is 1. The van der Waals surface area contributed by atoms with Gasteiger partial charge in [0.25, 0.3) is 5.91 Å². The third kappa shape index (κ3) is 3.12. The number of aromatic amines is 1. The zero-order valence-corrected chi connectivity index (χ0v) is 14.1. The fraction of sp³-hybridized carbons (Fsp3) is 0.0526. The molecule has 0 spiro atoms. The van der Waals surface area contributed by atoms with Crippen LogP contribution in [0.15, 0.2) is 48.8 Å². The Hall–Kier alpha value is -3.68. The van der Waals surface area contributed by atoms with Gasteiger partial charge in [-0.2, -0.15) is 5.10 Å². The number of anilines is 1. The van der Waals surface area contributed by atoms with E-state index >= 15 is 0 Å². The van der Waals surface area contributed by atoms with E-state index in [1.807, 2.05) is 0 Å². The molecule has 0 saturated heterocycles. The van der Waals surface area contributed by atoms with Crippen LogP contribution in [0, 0.1) is 18.6 Å². The Balaban J connectivity index is 1.73. The average molecular weight is 365 g/mol. The third-order valence-corrected chi connectivity index (χ3v) is 4.08. The van der Waals surface area contributed by atoms with Gasteiger partial charge < -0.3 is 5.32 Å². The molecule has 0 aliphatic carbocycles. The smallest absolute Gasteiger partial charge is 0.276 e. The van der Waals surface area contributed by atoms with Crippen molar-refractivity contribution >= 4 is 22.5 Å². The third-order valence-electron chi connectivity index (χ3n) is 4.08. The normalized spacial score (nSPS) is 10.9. The maximum Gasteiger partial charge on any atom is 0.276 e. The predicted octanol–water partition coefficient (Wildman–Crippen LogP) is 3.86. The van der Waals surface area contributed by atoms with E-state index in [0.29, 0.717) is 28.0 Å². The second kappa shape index (κ2) is 6.56. The molecule has 6 nitrogen and oxygen atoms in total. The summed E-state index contributed by atoms with van der Waals surface area (Å²) in [5.74, 6) is -1.76. The summed E-state index contributed by atoms with van der Waals surface area (Å²) in [6, 6.07) is 8.85. The van der Waals surface area contributed by atoms with Gasteiger partial charge in [-0.1, -0.05) is 18.2 Å². The Morgan fingerprint density at radius 1 is 1.11 bits per heavy atom. The minimum atomic E-state index is -0.942. The van der Waals surface area contributed by atoms with Crippen LogP contribution >= 0.6 is 0 Å². The number of hydrogen-bond acceptors (Lipinski definition) is 4. The number of hydrogen-bond donors (Lipinski definition) is 2. The number of rotatable bonds is 3. The van der Waals surface area contributed by atoms with Crippen LogP contribution in [-0.2, 0) is 0 Å². The summed E-state index contributed by atoms with van der Waals surface area (Å²) >= 11 is 0. The molecule has 27 heavy (non-hydrogen) atoms. The van der Waals surface area contributed by atoms with Crippen LogP contribution in [-0.4, -0.2) is 26.1 Å². The molecule has 4 aromatic rings. The Morgan fingerprint density at radius 3 is 2.67 bits per heavy atom. The number of carbonyl (C=O) groups excluding carboxylic acids is 1. The number of carbonyl (C=O) groups is 1. The van der Waals surface area contributed by atoms with Gasteiger partial charge in [0, 0.05) is 10.9 Å². The van der Waals surface area contributed by atoms with Crippen LogP contribution in [0.2, 0.25) is 0 Å². The summed E-state index contributed by atoms with van der Waals surface area (Å²) in [5.41, 5.74) is 1.70. The molecule has 8 heteroatoms. The van der Waals surface area contributed by atoms with Crippen LogP contribution in [0.3, 0.4) is 0 Å². The first-order chi connectivity index (χ1) is 13.0. The number of nitrogens with zero attached hydrogens (tertiary/aromatic N) is 3. The standard InChI is InChI=1S/C19H13F2N5O/c1-10-22-8-12(9-23-10)24-19(27)18-14-7-11(5-6-16(14)25-26-18)13-3-2-4-15(20)17(13)21/h2-9H,1H3,(H,24,27)(H,25,26). The molecule has 0 atom stereocenters. The molecule has 0 aliphatic rings. The Bertz CT molecular complexity index is 1150. The van der Waals surface area contributed by atoms with Crippen molar-refractivity contribution in [3.8, 4) is 11.1 Å². The van der Waals surface area contributed by atoms with Gasteiger partial charge in [0.1, 0.15) is 5.82 Å². The highest BCUT2D eigenvalue weighted by molar-refractivity contribution is 6.11. The summed E-state index contributed by atoms with van der Waals surface area (Å²) in [4.78, 5) is 20.6. The minimum absolute atomic E-state index is 0.108. The highest BCUT2D eigenvalue weighted by Crippen LogP contribution is 2.28. The molecule has 0 unspecified atom stereocenters. The first-order valence-corrected chi connectivity index (χ1v) is 8.05. The molecular formula is C19H13F2N5O. The highest BCUT2D eigenvalue weighted by atomic mass is 19.2. The van der Waals surface area contributed by atoms with Crippen molar-refractivity contribution in [2.45, 2.75) is 6.92 Å². The van der Waals surface area contributed by atoms with Crippen molar-refractivity contribution in [3.63, 3.8) is 0 Å². The van der Waals surface area contributed by atoms with E-state index in [9.17, 15) is 13.6 Å². The molecule has 1 amide bonds. The van der Waals surface area contributed by atoms with Gasteiger partial charge in [-0.05, 0) is 30.7 Å². The van der Waals surface area contributed by atoms with E-state index < -0.39 is 17.5 Å². The van der Waals surface area contributed by atoms with Gasteiger partial charge in [-0.15, -0.1) is 0 Å². The number of benzene rings is 2. The maximum absolute atomic E-state index is 14.1. The fourth-order valence-corrected chi connectivity index (χ4v) is 2.73. The number of H-pyrrole nitrogens is 1. The maximum atomic E-state index is 14.1. The monoisotopic (exact) mass is 365 g/mol. The molecule has 0 radical (unpaired) electrons. The number of nitrogens with one attached hydrogen (secondary N) is 2. The van der Waals surface area contributed by atoms with Crippen molar-refractivity contribution in [2.24, 2.45) is 0 Å². The van der Waals surface area contributed by atoms with Crippen molar-refractivity contribution in [1.82, 2.24) is 20.2 Å². The minimum Gasteiger partial charge on any atom is -0.318 e. The largest absolute Gasteiger partial charge is 0.318 e. The lowest BCUT2D eigenvalue weighted by molar-refractivity contribution is 0.102. The second-order valence-electron chi connectivity index (χ2n) is 5.91. The van der Waals surface area contributed by atoms with Gasteiger partial charge in [-0.25, -0.2) is 18.7 Å². The first kappa shape index (κ1) is 16.8. The summed E-state index contributed by atoms with van der Waals surface area (Å²) in [7, 11) is 0. The molecule has 2 heterocycles. The SMILES string of the molecule is Cc1ncc(NC(=O)c2n[nH]c3ccc(-c4cccc(F)c4F)cc23)cn1. The molecule has 0 bridgehead atoms.